The number of nitro groups is 1. The normalized spacial score (nSPS) is 16.4. The average molecular weight is 343 g/mol. The maximum absolute atomic E-state index is 10.9. The molecule has 0 N–H and O–H groups in total. The van der Waals surface area contributed by atoms with Crippen molar-refractivity contribution >= 4 is 17.1 Å². The quantitative estimate of drug-likeness (QED) is 0.497. The van der Waals surface area contributed by atoms with Crippen molar-refractivity contribution in [2.75, 3.05) is 5.01 Å². The molecular weight excluding hydrogens is 326 g/mol. The first-order valence-electron chi connectivity index (χ1n) is 8.44. The summed E-state index contributed by atoms with van der Waals surface area (Å²) in [4.78, 5) is 10.5. The highest BCUT2D eigenvalue weighted by Crippen LogP contribution is 2.36. The van der Waals surface area contributed by atoms with Crippen molar-refractivity contribution in [1.29, 1.82) is 0 Å². The van der Waals surface area contributed by atoms with E-state index in [1.165, 1.54) is 17.7 Å². The van der Waals surface area contributed by atoms with Crippen LogP contribution < -0.4 is 5.01 Å². The number of hydrazone groups is 1. The molecule has 1 aliphatic heterocycles. The van der Waals surface area contributed by atoms with Gasteiger partial charge in [0.15, 0.2) is 0 Å². The summed E-state index contributed by atoms with van der Waals surface area (Å²) in [5.74, 6) is 0. The van der Waals surface area contributed by atoms with Crippen LogP contribution in [0.2, 0.25) is 0 Å². The Balaban J connectivity index is 1.71. The molecule has 0 bridgehead atoms. The van der Waals surface area contributed by atoms with E-state index in [4.69, 9.17) is 5.10 Å². The van der Waals surface area contributed by atoms with Crippen molar-refractivity contribution in [2.45, 2.75) is 12.5 Å². The first kappa shape index (κ1) is 16.0. The summed E-state index contributed by atoms with van der Waals surface area (Å²) in [6.07, 6.45) is 0.747. The fourth-order valence-corrected chi connectivity index (χ4v) is 3.21. The highest BCUT2D eigenvalue weighted by molar-refractivity contribution is 6.03. The van der Waals surface area contributed by atoms with Crippen molar-refractivity contribution < 1.29 is 4.92 Å². The monoisotopic (exact) mass is 343 g/mol. The Labute approximate surface area is 151 Å². The SMILES string of the molecule is O=[N+]([O-])c1ccc(C2=NN(c3ccccc3)[C@@H](c3ccccc3)C2)cc1. The van der Waals surface area contributed by atoms with Gasteiger partial charge in [0, 0.05) is 18.6 Å². The van der Waals surface area contributed by atoms with Crippen LogP contribution in [0.3, 0.4) is 0 Å². The lowest BCUT2D eigenvalue weighted by Gasteiger charge is -2.23. The Kier molecular flexibility index (Phi) is 4.19. The summed E-state index contributed by atoms with van der Waals surface area (Å²) >= 11 is 0. The summed E-state index contributed by atoms with van der Waals surface area (Å²) in [7, 11) is 0. The second-order valence-corrected chi connectivity index (χ2v) is 6.16. The summed E-state index contributed by atoms with van der Waals surface area (Å²) in [6.45, 7) is 0. The fraction of sp³-hybridized carbons (Fsp3) is 0.0952. The van der Waals surface area contributed by atoms with Gasteiger partial charge in [-0.1, -0.05) is 48.5 Å². The van der Waals surface area contributed by atoms with Crippen molar-refractivity contribution in [3.8, 4) is 0 Å². The molecular formula is C21H17N3O2. The number of benzene rings is 3. The molecule has 0 radical (unpaired) electrons. The maximum atomic E-state index is 10.9. The third-order valence-corrected chi connectivity index (χ3v) is 4.53. The van der Waals surface area contributed by atoms with Gasteiger partial charge in [-0.3, -0.25) is 15.1 Å². The summed E-state index contributed by atoms with van der Waals surface area (Å²) in [5.41, 5.74) is 4.15. The van der Waals surface area contributed by atoms with Crippen LogP contribution in [0.1, 0.15) is 23.6 Å². The molecule has 0 fully saturated rings. The fourth-order valence-electron chi connectivity index (χ4n) is 3.21. The lowest BCUT2D eigenvalue weighted by atomic mass is 9.98. The van der Waals surface area contributed by atoms with E-state index in [2.05, 4.69) is 12.1 Å². The van der Waals surface area contributed by atoms with Crippen LogP contribution in [0.15, 0.2) is 90.0 Å². The van der Waals surface area contributed by atoms with E-state index in [9.17, 15) is 10.1 Å². The number of hydrogen-bond donors (Lipinski definition) is 0. The van der Waals surface area contributed by atoms with Gasteiger partial charge in [-0.05, 0) is 35.4 Å². The molecule has 0 saturated carbocycles. The van der Waals surface area contributed by atoms with Gasteiger partial charge in [0.1, 0.15) is 0 Å². The van der Waals surface area contributed by atoms with Crippen molar-refractivity contribution in [3.63, 3.8) is 0 Å². The third-order valence-electron chi connectivity index (χ3n) is 4.53. The Morgan fingerprint density at radius 2 is 1.50 bits per heavy atom. The molecule has 1 aliphatic rings. The third kappa shape index (κ3) is 3.07. The molecule has 3 aromatic rings. The Morgan fingerprint density at radius 3 is 2.12 bits per heavy atom. The van der Waals surface area contributed by atoms with Gasteiger partial charge in [0.05, 0.1) is 22.4 Å². The standard InChI is InChI=1S/C21H17N3O2/c25-24(26)19-13-11-16(12-14-19)20-15-21(17-7-3-1-4-8-17)23(22-20)18-9-5-2-6-10-18/h1-14,21H,15H2/t21-/m1/s1. The van der Waals surface area contributed by atoms with Crippen LogP contribution in [0.5, 0.6) is 0 Å². The van der Waals surface area contributed by atoms with Crippen molar-refractivity contribution in [3.05, 3.63) is 106 Å². The van der Waals surface area contributed by atoms with Crippen LogP contribution in [-0.2, 0) is 0 Å². The minimum absolute atomic E-state index is 0.0897. The second kappa shape index (κ2) is 6.80. The number of non-ortho nitro benzene ring substituents is 1. The molecule has 5 nitrogen and oxygen atoms in total. The zero-order valence-corrected chi connectivity index (χ0v) is 14.0. The maximum Gasteiger partial charge on any atom is 0.269 e. The lowest BCUT2D eigenvalue weighted by Crippen LogP contribution is -2.18. The van der Waals surface area contributed by atoms with E-state index >= 15 is 0 Å². The Hall–Kier alpha value is -3.47. The van der Waals surface area contributed by atoms with E-state index in [0.717, 1.165) is 23.4 Å². The van der Waals surface area contributed by atoms with E-state index in [1.54, 1.807) is 12.1 Å². The van der Waals surface area contributed by atoms with E-state index in [0.29, 0.717) is 0 Å². The van der Waals surface area contributed by atoms with Crippen LogP contribution in [0.25, 0.3) is 0 Å². The van der Waals surface area contributed by atoms with Crippen molar-refractivity contribution in [2.24, 2.45) is 5.10 Å². The van der Waals surface area contributed by atoms with E-state index in [1.807, 2.05) is 53.5 Å². The molecule has 128 valence electrons. The molecule has 1 atom stereocenters. The molecule has 0 unspecified atom stereocenters. The number of anilines is 1. The first-order valence-corrected chi connectivity index (χ1v) is 8.44. The minimum Gasteiger partial charge on any atom is -0.258 e. The van der Waals surface area contributed by atoms with Crippen LogP contribution in [-0.4, -0.2) is 10.6 Å². The number of hydrogen-bond acceptors (Lipinski definition) is 4. The number of nitro benzene ring substituents is 1. The van der Waals surface area contributed by atoms with Gasteiger partial charge in [0.25, 0.3) is 5.69 Å². The van der Waals surface area contributed by atoms with Crippen molar-refractivity contribution in [1.82, 2.24) is 0 Å². The molecule has 4 rings (SSSR count). The topological polar surface area (TPSA) is 58.7 Å². The Morgan fingerprint density at radius 1 is 0.885 bits per heavy atom. The van der Waals surface area contributed by atoms with E-state index in [-0.39, 0.29) is 16.7 Å². The smallest absolute Gasteiger partial charge is 0.258 e. The zero-order valence-electron chi connectivity index (χ0n) is 14.0. The van der Waals surface area contributed by atoms with Crippen LogP contribution >= 0.6 is 0 Å². The molecule has 0 spiro atoms. The highest BCUT2D eigenvalue weighted by atomic mass is 16.6. The molecule has 3 aromatic carbocycles. The molecule has 1 heterocycles. The molecule has 0 aromatic heterocycles. The lowest BCUT2D eigenvalue weighted by molar-refractivity contribution is -0.384. The summed E-state index contributed by atoms with van der Waals surface area (Å²) in [6, 6.07) is 27.0. The van der Waals surface area contributed by atoms with Gasteiger partial charge >= 0.3 is 0 Å². The van der Waals surface area contributed by atoms with Gasteiger partial charge in [-0.25, -0.2) is 0 Å². The average Bonchev–Trinajstić information content (AvgIpc) is 3.15. The predicted molar refractivity (Wildman–Crippen MR) is 102 cm³/mol. The van der Waals surface area contributed by atoms with Crippen LogP contribution in [0.4, 0.5) is 11.4 Å². The number of rotatable bonds is 4. The zero-order chi connectivity index (χ0) is 17.9. The molecule has 0 amide bonds. The van der Waals surface area contributed by atoms with Gasteiger partial charge < -0.3 is 0 Å². The molecule has 26 heavy (non-hydrogen) atoms. The number of para-hydroxylation sites is 1. The van der Waals surface area contributed by atoms with Gasteiger partial charge in [0.2, 0.25) is 0 Å². The van der Waals surface area contributed by atoms with Crippen LogP contribution in [0, 0.1) is 10.1 Å². The van der Waals surface area contributed by atoms with Gasteiger partial charge in [-0.15, -0.1) is 0 Å². The molecule has 0 aliphatic carbocycles. The van der Waals surface area contributed by atoms with E-state index < -0.39 is 0 Å². The summed E-state index contributed by atoms with van der Waals surface area (Å²) in [5, 5.41) is 17.7. The molecule has 5 heteroatoms. The second-order valence-electron chi connectivity index (χ2n) is 6.16. The molecule has 0 saturated heterocycles. The Bertz CT molecular complexity index is 938. The number of nitrogens with zero attached hydrogens (tertiary/aromatic N) is 3. The van der Waals surface area contributed by atoms with Gasteiger partial charge in [-0.2, -0.15) is 5.10 Å². The minimum atomic E-state index is -0.386. The highest BCUT2D eigenvalue weighted by Gasteiger charge is 2.29. The predicted octanol–water partition coefficient (Wildman–Crippen LogP) is 4.95. The first-order chi connectivity index (χ1) is 12.7. The largest absolute Gasteiger partial charge is 0.269 e. The summed E-state index contributed by atoms with van der Waals surface area (Å²) < 4.78 is 0.